The van der Waals surface area contributed by atoms with Gasteiger partial charge in [-0.1, -0.05) is 75.4 Å². The second kappa shape index (κ2) is 13.4. The Bertz CT molecular complexity index is 1240. The van der Waals surface area contributed by atoms with Crippen LogP contribution in [0.1, 0.15) is 67.5 Å². The van der Waals surface area contributed by atoms with Crippen molar-refractivity contribution >= 4 is 5.97 Å². The summed E-state index contributed by atoms with van der Waals surface area (Å²) in [5.41, 5.74) is 4.83. The molecule has 0 saturated carbocycles. The van der Waals surface area contributed by atoms with Gasteiger partial charge in [0.2, 0.25) is 12.2 Å². The van der Waals surface area contributed by atoms with Crippen LogP contribution in [0.15, 0.2) is 54.6 Å². The van der Waals surface area contributed by atoms with Gasteiger partial charge >= 0.3 is 5.97 Å². The van der Waals surface area contributed by atoms with E-state index >= 15 is 0 Å². The number of ether oxygens (including phenoxy) is 2. The lowest BCUT2D eigenvalue weighted by atomic mass is 9.91. The van der Waals surface area contributed by atoms with Gasteiger partial charge in [0.05, 0.1) is 31.1 Å². The number of nitrogens with zero attached hydrogens (tertiary/aromatic N) is 2. The highest BCUT2D eigenvalue weighted by Gasteiger charge is 2.44. The first kappa shape index (κ1) is 29.7. The van der Waals surface area contributed by atoms with Crippen molar-refractivity contribution in [1.82, 2.24) is 9.78 Å². The van der Waals surface area contributed by atoms with Gasteiger partial charge in [-0.05, 0) is 35.4 Å². The first-order valence-electron chi connectivity index (χ1n) is 13.9. The molecule has 4 N–H and O–H groups in total. The molecule has 1 fully saturated rings. The zero-order valence-corrected chi connectivity index (χ0v) is 23.3. The van der Waals surface area contributed by atoms with E-state index in [0.717, 1.165) is 27.9 Å². The minimum absolute atomic E-state index is 0.0812. The molecule has 2 heterocycles. The van der Waals surface area contributed by atoms with Crippen molar-refractivity contribution in [3.63, 3.8) is 0 Å². The molecule has 0 aliphatic carbocycles. The van der Waals surface area contributed by atoms with E-state index in [4.69, 9.17) is 19.7 Å². The molecule has 1 aliphatic heterocycles. The Morgan fingerprint density at radius 1 is 1.02 bits per heavy atom. The third-order valence-corrected chi connectivity index (χ3v) is 7.48. The summed E-state index contributed by atoms with van der Waals surface area (Å²) in [5, 5.41) is 45.1. The van der Waals surface area contributed by atoms with E-state index in [1.54, 1.807) is 11.6 Å². The highest BCUT2D eigenvalue weighted by molar-refractivity contribution is 5.66. The Hall–Kier alpha value is -3.24. The number of carboxylic acid groups (broad SMARTS) is 1. The number of aromatic nitrogens is 2. The molecule has 0 unspecified atom stereocenters. The van der Waals surface area contributed by atoms with Crippen molar-refractivity contribution in [3.8, 4) is 5.88 Å². The Labute approximate surface area is 235 Å². The summed E-state index contributed by atoms with van der Waals surface area (Å²) in [6, 6.07) is 17.9. The van der Waals surface area contributed by atoms with E-state index in [1.807, 2.05) is 54.6 Å². The maximum absolute atomic E-state index is 10.8. The smallest absolute Gasteiger partial charge is 0.303 e. The average molecular weight is 553 g/mol. The van der Waals surface area contributed by atoms with E-state index in [2.05, 4.69) is 13.8 Å². The predicted molar refractivity (Wildman–Crippen MR) is 149 cm³/mol. The minimum Gasteiger partial charge on any atom is -0.481 e. The molecule has 0 spiro atoms. The van der Waals surface area contributed by atoms with Crippen molar-refractivity contribution in [2.75, 3.05) is 6.61 Å². The largest absolute Gasteiger partial charge is 0.481 e. The van der Waals surface area contributed by atoms with Gasteiger partial charge < -0.3 is 29.9 Å². The normalized spacial score (nSPS) is 22.9. The van der Waals surface area contributed by atoms with Crippen LogP contribution in [0.4, 0.5) is 0 Å². The van der Waals surface area contributed by atoms with Crippen LogP contribution < -0.4 is 4.74 Å². The third kappa shape index (κ3) is 7.09. The van der Waals surface area contributed by atoms with Gasteiger partial charge in [0.15, 0.2) is 0 Å². The summed E-state index contributed by atoms with van der Waals surface area (Å²) in [6.45, 7) is 5.97. The quantitative estimate of drug-likeness (QED) is 0.268. The second-order valence-electron chi connectivity index (χ2n) is 10.9. The van der Waals surface area contributed by atoms with Crippen LogP contribution in [0.5, 0.6) is 5.88 Å². The van der Waals surface area contributed by atoms with Crippen molar-refractivity contribution in [3.05, 3.63) is 82.5 Å². The molecular weight excluding hydrogens is 512 g/mol. The van der Waals surface area contributed by atoms with Crippen LogP contribution >= 0.6 is 0 Å². The number of hydrogen-bond acceptors (Lipinski definition) is 7. The maximum atomic E-state index is 10.8. The second-order valence-corrected chi connectivity index (χ2v) is 10.9. The molecule has 9 nitrogen and oxygen atoms in total. The van der Waals surface area contributed by atoms with Crippen LogP contribution in [0.3, 0.4) is 0 Å². The number of aryl methyl sites for hydroxylation is 1. The van der Waals surface area contributed by atoms with Crippen LogP contribution in [0, 0.1) is 5.92 Å². The number of aliphatic hydroxyl groups excluding tert-OH is 3. The monoisotopic (exact) mass is 552 g/mol. The Morgan fingerprint density at radius 2 is 1.70 bits per heavy atom. The molecule has 0 bridgehead atoms. The van der Waals surface area contributed by atoms with Gasteiger partial charge in [-0.2, -0.15) is 5.10 Å². The molecule has 3 aromatic rings. The van der Waals surface area contributed by atoms with Gasteiger partial charge in [0.25, 0.3) is 0 Å². The molecule has 216 valence electrons. The lowest BCUT2D eigenvalue weighted by Gasteiger charge is -2.40. The number of hydrogen-bond donors (Lipinski definition) is 4. The standard InChI is InChI=1S/C31H40N2O7/c1-19(2)27-24(16-22-14-12-21(13-15-22)10-7-11-26(35)36)30(33(32-27)17-23-8-5-4-6-9-23)40-31-29(38)28(37)20(3)25(18-34)39-31/h4-6,8-9,12-15,19-20,25,28-29,31,34,37-38H,7,10-11,16-18H2,1-3H3,(H,35,36)/t20-,25-,28+,29-,31+/m1/s1. The van der Waals surface area contributed by atoms with Gasteiger partial charge in [-0.3, -0.25) is 4.79 Å². The number of carbonyl (C=O) groups is 1. The van der Waals surface area contributed by atoms with E-state index in [0.29, 0.717) is 31.7 Å². The van der Waals surface area contributed by atoms with Crippen LogP contribution in [-0.2, 0) is 28.9 Å². The average Bonchev–Trinajstić information content (AvgIpc) is 3.26. The lowest BCUT2D eigenvalue weighted by Crippen LogP contribution is -2.56. The molecule has 1 aliphatic rings. The summed E-state index contributed by atoms with van der Waals surface area (Å²) in [4.78, 5) is 10.8. The number of aliphatic hydroxyl groups is 3. The first-order valence-corrected chi connectivity index (χ1v) is 13.9. The minimum atomic E-state index is -1.31. The van der Waals surface area contributed by atoms with E-state index < -0.39 is 36.5 Å². The molecule has 2 aromatic carbocycles. The molecular formula is C31H40N2O7. The maximum Gasteiger partial charge on any atom is 0.303 e. The summed E-state index contributed by atoms with van der Waals surface area (Å²) >= 11 is 0. The SMILES string of the molecule is CC(C)c1nn(Cc2ccccc2)c(O[C@@H]2O[C@H](CO)[C@@H](C)[C@H](O)[C@H]2O)c1Cc1ccc(CCCC(=O)O)cc1. The van der Waals surface area contributed by atoms with Crippen LogP contribution in [0.25, 0.3) is 0 Å². The highest BCUT2D eigenvalue weighted by Crippen LogP contribution is 2.34. The Kier molecular flexibility index (Phi) is 9.97. The molecule has 1 saturated heterocycles. The Morgan fingerprint density at radius 3 is 2.33 bits per heavy atom. The number of carboxylic acids is 1. The van der Waals surface area contributed by atoms with Crippen molar-refractivity contribution in [2.45, 2.75) is 83.5 Å². The van der Waals surface area contributed by atoms with Gasteiger partial charge in [-0.15, -0.1) is 0 Å². The summed E-state index contributed by atoms with van der Waals surface area (Å²) in [7, 11) is 0. The number of rotatable bonds is 12. The fourth-order valence-electron chi connectivity index (χ4n) is 5.08. The topological polar surface area (TPSA) is 134 Å². The van der Waals surface area contributed by atoms with E-state index in [-0.39, 0.29) is 18.9 Å². The van der Waals surface area contributed by atoms with Crippen molar-refractivity contribution in [1.29, 1.82) is 0 Å². The zero-order chi connectivity index (χ0) is 28.8. The van der Waals surface area contributed by atoms with Gasteiger partial charge in [0, 0.05) is 24.3 Å². The van der Waals surface area contributed by atoms with Crippen molar-refractivity contribution < 1.29 is 34.7 Å². The molecule has 0 radical (unpaired) electrons. The summed E-state index contributed by atoms with van der Waals surface area (Å²) in [6.07, 6.45) is -2.38. The zero-order valence-electron chi connectivity index (χ0n) is 23.3. The molecule has 1 aromatic heterocycles. The lowest BCUT2D eigenvalue weighted by molar-refractivity contribution is -0.262. The van der Waals surface area contributed by atoms with Crippen LogP contribution in [-0.4, -0.2) is 67.4 Å². The van der Waals surface area contributed by atoms with E-state index in [9.17, 15) is 20.1 Å². The highest BCUT2D eigenvalue weighted by atomic mass is 16.7. The first-order chi connectivity index (χ1) is 19.2. The van der Waals surface area contributed by atoms with Gasteiger partial charge in [-0.25, -0.2) is 4.68 Å². The fourth-order valence-corrected chi connectivity index (χ4v) is 5.08. The molecule has 5 atom stereocenters. The van der Waals surface area contributed by atoms with E-state index in [1.165, 1.54) is 0 Å². The fraction of sp³-hybridized carbons (Fsp3) is 0.484. The van der Waals surface area contributed by atoms with Crippen LogP contribution in [0.2, 0.25) is 0 Å². The third-order valence-electron chi connectivity index (χ3n) is 7.48. The number of aliphatic carboxylic acids is 1. The molecule has 0 amide bonds. The van der Waals surface area contributed by atoms with Gasteiger partial charge in [0.1, 0.15) is 6.10 Å². The predicted octanol–water partition coefficient (Wildman–Crippen LogP) is 3.51. The molecule has 40 heavy (non-hydrogen) atoms. The molecule has 4 rings (SSSR count). The Balaban J connectivity index is 1.67. The van der Waals surface area contributed by atoms with Crippen molar-refractivity contribution in [2.24, 2.45) is 5.92 Å². The number of benzene rings is 2. The summed E-state index contributed by atoms with van der Waals surface area (Å²) in [5.74, 6) is -0.732. The molecule has 9 heteroatoms. The summed E-state index contributed by atoms with van der Waals surface area (Å²) < 4.78 is 14.0.